The minimum Gasteiger partial charge on any atom is -0.618 e. The van der Waals surface area contributed by atoms with Crippen LogP contribution in [0, 0.1) is 11.1 Å². The Bertz CT molecular complexity index is 589. The molecule has 0 aliphatic carbocycles. The van der Waals surface area contributed by atoms with Crippen molar-refractivity contribution in [2.75, 3.05) is 0 Å². The zero-order valence-electron chi connectivity index (χ0n) is 13.6. The van der Waals surface area contributed by atoms with Crippen molar-refractivity contribution in [2.24, 2.45) is 5.92 Å². The predicted molar refractivity (Wildman–Crippen MR) is 89.3 cm³/mol. The lowest BCUT2D eigenvalue weighted by atomic mass is 9.93. The highest BCUT2D eigenvalue weighted by atomic mass is 16.5. The quantitative estimate of drug-likeness (QED) is 0.408. The summed E-state index contributed by atoms with van der Waals surface area (Å²) < 4.78 is 1.05. The zero-order chi connectivity index (χ0) is 15.2. The summed E-state index contributed by atoms with van der Waals surface area (Å²) in [5, 5.41) is 13.4. The smallest absolute Gasteiger partial charge is 0.224 e. The maximum Gasteiger partial charge on any atom is 0.224 e. The van der Waals surface area contributed by atoms with E-state index in [2.05, 4.69) is 26.8 Å². The molecule has 0 N–H and O–H groups in total. The third-order valence-electron chi connectivity index (χ3n) is 4.15. The molecule has 1 heterocycles. The molecule has 1 aromatic heterocycles. The molecule has 0 unspecified atom stereocenters. The van der Waals surface area contributed by atoms with Crippen molar-refractivity contribution in [3.05, 3.63) is 46.8 Å². The summed E-state index contributed by atoms with van der Waals surface area (Å²) in [5.74, 6) is 0.687. The van der Waals surface area contributed by atoms with Crippen LogP contribution in [-0.2, 0) is 12.8 Å². The van der Waals surface area contributed by atoms with E-state index in [0.29, 0.717) is 5.92 Å². The second kappa shape index (κ2) is 7.44. The van der Waals surface area contributed by atoms with Gasteiger partial charge in [0, 0.05) is 11.6 Å². The van der Waals surface area contributed by atoms with E-state index in [4.69, 9.17) is 0 Å². The summed E-state index contributed by atoms with van der Waals surface area (Å²) in [4.78, 5) is 0. The third-order valence-corrected chi connectivity index (χ3v) is 4.15. The molecule has 114 valence electrons. The van der Waals surface area contributed by atoms with Crippen molar-refractivity contribution < 1.29 is 4.73 Å². The Labute approximate surface area is 128 Å². The normalized spacial score (nSPS) is 11.4. The molecule has 0 fully saturated rings. The number of unbranched alkanes of at least 4 members (excludes halogenated alkanes) is 2. The number of pyridine rings is 1. The highest BCUT2D eigenvalue weighted by molar-refractivity contribution is 5.80. The van der Waals surface area contributed by atoms with Crippen molar-refractivity contribution >= 4 is 10.9 Å². The second-order valence-corrected chi connectivity index (χ2v) is 6.37. The Morgan fingerprint density at radius 1 is 1.10 bits per heavy atom. The minimum absolute atomic E-state index is 0.687. The van der Waals surface area contributed by atoms with E-state index in [1.54, 1.807) is 0 Å². The van der Waals surface area contributed by atoms with Crippen LogP contribution in [-0.4, -0.2) is 0 Å². The van der Waals surface area contributed by atoms with E-state index >= 15 is 0 Å². The molecular formula is C19H27NO. The summed E-state index contributed by atoms with van der Waals surface area (Å²) >= 11 is 0. The minimum atomic E-state index is 0.687. The van der Waals surface area contributed by atoms with Crippen molar-refractivity contribution in [3.63, 3.8) is 0 Å². The van der Waals surface area contributed by atoms with Gasteiger partial charge in [-0.25, -0.2) is 0 Å². The van der Waals surface area contributed by atoms with Gasteiger partial charge in [-0.15, -0.1) is 0 Å². The number of aromatic nitrogens is 1. The van der Waals surface area contributed by atoms with E-state index < -0.39 is 0 Å². The van der Waals surface area contributed by atoms with Crippen LogP contribution in [0.25, 0.3) is 10.9 Å². The summed E-state index contributed by atoms with van der Waals surface area (Å²) in [7, 11) is 0. The van der Waals surface area contributed by atoms with Crippen LogP contribution in [0.5, 0.6) is 0 Å². The molecule has 0 atom stereocenters. The summed E-state index contributed by atoms with van der Waals surface area (Å²) in [6, 6.07) is 8.01. The lowest BCUT2D eigenvalue weighted by molar-refractivity contribution is -0.577. The van der Waals surface area contributed by atoms with Crippen LogP contribution in [0.1, 0.15) is 57.6 Å². The molecule has 2 heteroatoms. The van der Waals surface area contributed by atoms with Crippen LogP contribution in [0.15, 0.2) is 30.5 Å². The second-order valence-electron chi connectivity index (χ2n) is 6.37. The molecule has 0 amide bonds. The molecule has 0 saturated heterocycles. The molecule has 0 radical (unpaired) electrons. The molecule has 2 aromatic rings. The van der Waals surface area contributed by atoms with Gasteiger partial charge < -0.3 is 5.21 Å². The number of fused-ring (bicyclic) bond motifs is 1. The summed E-state index contributed by atoms with van der Waals surface area (Å²) in [6.45, 7) is 6.74. The van der Waals surface area contributed by atoms with Crippen LogP contribution >= 0.6 is 0 Å². The fraction of sp³-hybridized carbons (Fsp3) is 0.526. The van der Waals surface area contributed by atoms with Crippen LogP contribution < -0.4 is 4.73 Å². The Hall–Kier alpha value is -1.57. The maximum atomic E-state index is 12.2. The SMILES string of the molecule is CCCCCc1c[n+]([O-])c2ccccc2c1CCC(C)C. The van der Waals surface area contributed by atoms with Gasteiger partial charge in [-0.1, -0.05) is 45.7 Å². The van der Waals surface area contributed by atoms with Gasteiger partial charge in [-0.05, 0) is 43.2 Å². The molecule has 21 heavy (non-hydrogen) atoms. The first-order chi connectivity index (χ1) is 10.1. The number of para-hydroxylation sites is 1. The van der Waals surface area contributed by atoms with Crippen molar-refractivity contribution in [3.8, 4) is 0 Å². The van der Waals surface area contributed by atoms with Crippen LogP contribution in [0.4, 0.5) is 0 Å². The third kappa shape index (κ3) is 3.96. The molecule has 2 nitrogen and oxygen atoms in total. The molecule has 0 spiro atoms. The molecular weight excluding hydrogens is 258 g/mol. The first-order valence-corrected chi connectivity index (χ1v) is 8.26. The fourth-order valence-corrected chi connectivity index (χ4v) is 2.89. The Morgan fingerprint density at radius 3 is 2.57 bits per heavy atom. The monoisotopic (exact) mass is 285 g/mol. The van der Waals surface area contributed by atoms with Crippen molar-refractivity contribution in [1.29, 1.82) is 0 Å². The highest BCUT2D eigenvalue weighted by Gasteiger charge is 2.15. The molecule has 0 saturated carbocycles. The first-order valence-electron chi connectivity index (χ1n) is 8.26. The van der Waals surface area contributed by atoms with Gasteiger partial charge in [-0.3, -0.25) is 0 Å². The molecule has 0 aliphatic heterocycles. The summed E-state index contributed by atoms with van der Waals surface area (Å²) in [5.41, 5.74) is 3.44. The van der Waals surface area contributed by atoms with Gasteiger partial charge in [0.15, 0.2) is 6.20 Å². The average molecular weight is 285 g/mol. The lowest BCUT2D eigenvalue weighted by Gasteiger charge is -2.14. The van der Waals surface area contributed by atoms with Gasteiger partial charge in [0.25, 0.3) is 0 Å². The van der Waals surface area contributed by atoms with Gasteiger partial charge >= 0.3 is 0 Å². The van der Waals surface area contributed by atoms with E-state index in [-0.39, 0.29) is 0 Å². The van der Waals surface area contributed by atoms with E-state index in [0.717, 1.165) is 28.5 Å². The number of benzene rings is 1. The lowest BCUT2D eigenvalue weighted by Crippen LogP contribution is -2.28. The number of nitrogens with zero attached hydrogens (tertiary/aromatic N) is 1. The van der Waals surface area contributed by atoms with Crippen molar-refractivity contribution in [2.45, 2.75) is 59.3 Å². The summed E-state index contributed by atoms with van der Waals surface area (Å²) in [6.07, 6.45) is 8.70. The van der Waals surface area contributed by atoms with E-state index in [1.165, 1.54) is 36.8 Å². The predicted octanol–water partition coefficient (Wildman–Crippen LogP) is 4.79. The fourth-order valence-electron chi connectivity index (χ4n) is 2.89. The first kappa shape index (κ1) is 15.8. The van der Waals surface area contributed by atoms with Crippen molar-refractivity contribution in [1.82, 2.24) is 0 Å². The Kier molecular flexibility index (Phi) is 5.60. The van der Waals surface area contributed by atoms with Crippen LogP contribution in [0.2, 0.25) is 0 Å². The van der Waals surface area contributed by atoms with Crippen LogP contribution in [0.3, 0.4) is 0 Å². The molecule has 0 aliphatic rings. The number of rotatable bonds is 7. The van der Waals surface area contributed by atoms with E-state index in [9.17, 15) is 5.21 Å². The Balaban J connectivity index is 2.41. The largest absolute Gasteiger partial charge is 0.618 e. The standard InChI is InChI=1S/C19H27NO/c1-4-5-6-9-16-14-20(21)19-11-8-7-10-18(19)17(16)13-12-15(2)3/h7-8,10-11,14-15H,4-6,9,12-13H2,1-3H3. The van der Waals surface area contributed by atoms with Gasteiger partial charge in [0.05, 0.1) is 5.39 Å². The maximum absolute atomic E-state index is 12.2. The topological polar surface area (TPSA) is 26.9 Å². The molecule has 0 bridgehead atoms. The van der Waals surface area contributed by atoms with Gasteiger partial charge in [0.1, 0.15) is 0 Å². The Morgan fingerprint density at radius 2 is 1.86 bits per heavy atom. The number of hydrogen-bond donors (Lipinski definition) is 0. The zero-order valence-corrected chi connectivity index (χ0v) is 13.6. The molecule has 2 rings (SSSR count). The van der Waals surface area contributed by atoms with Gasteiger partial charge in [0.2, 0.25) is 5.52 Å². The number of aryl methyl sites for hydroxylation is 2. The average Bonchev–Trinajstić information content (AvgIpc) is 2.47. The highest BCUT2D eigenvalue weighted by Crippen LogP contribution is 2.24. The van der Waals surface area contributed by atoms with Gasteiger partial charge in [-0.2, -0.15) is 4.73 Å². The van der Waals surface area contributed by atoms with E-state index in [1.807, 2.05) is 24.4 Å². The number of hydrogen-bond acceptors (Lipinski definition) is 1. The molecule has 1 aromatic carbocycles.